The van der Waals surface area contributed by atoms with Gasteiger partial charge in [0.25, 0.3) is 0 Å². The van der Waals surface area contributed by atoms with Crippen molar-refractivity contribution in [3.05, 3.63) is 35.4 Å². The molecular formula is C11H11FN4O2. The molecular weight excluding hydrogens is 239 g/mol. The van der Waals surface area contributed by atoms with Crippen LogP contribution in [0.5, 0.6) is 0 Å². The van der Waals surface area contributed by atoms with Crippen LogP contribution in [-0.4, -0.2) is 25.8 Å². The van der Waals surface area contributed by atoms with E-state index in [9.17, 15) is 9.18 Å². The van der Waals surface area contributed by atoms with E-state index >= 15 is 0 Å². The van der Waals surface area contributed by atoms with E-state index in [4.69, 9.17) is 5.11 Å². The van der Waals surface area contributed by atoms with Gasteiger partial charge >= 0.3 is 5.97 Å². The number of pyridine rings is 1. The lowest BCUT2D eigenvalue weighted by Crippen LogP contribution is -2.06. The van der Waals surface area contributed by atoms with Crippen LogP contribution in [0.15, 0.2) is 18.3 Å². The number of aromatic carboxylic acids is 1. The predicted molar refractivity (Wildman–Crippen MR) is 62.4 cm³/mol. The van der Waals surface area contributed by atoms with Crippen molar-refractivity contribution in [3.8, 4) is 0 Å². The summed E-state index contributed by atoms with van der Waals surface area (Å²) in [6.45, 7) is 1.84. The zero-order chi connectivity index (χ0) is 13.3. The van der Waals surface area contributed by atoms with Crippen molar-refractivity contribution in [3.63, 3.8) is 0 Å². The lowest BCUT2D eigenvalue weighted by Gasteiger charge is -2.04. The SMILES string of the molecule is Cc1cc(Nc2nccc(C(=O)O)c2F)nn1C. The summed E-state index contributed by atoms with van der Waals surface area (Å²) in [6.07, 6.45) is 1.23. The van der Waals surface area contributed by atoms with Gasteiger partial charge in [-0.1, -0.05) is 0 Å². The van der Waals surface area contributed by atoms with E-state index in [1.54, 1.807) is 17.8 Å². The Morgan fingerprint density at radius 2 is 2.28 bits per heavy atom. The minimum atomic E-state index is -1.34. The van der Waals surface area contributed by atoms with Gasteiger partial charge in [0.2, 0.25) is 0 Å². The van der Waals surface area contributed by atoms with Gasteiger partial charge in [-0.15, -0.1) is 0 Å². The van der Waals surface area contributed by atoms with Crippen LogP contribution in [-0.2, 0) is 7.05 Å². The number of aryl methyl sites for hydroxylation is 2. The second kappa shape index (κ2) is 4.44. The van der Waals surface area contributed by atoms with Crippen molar-refractivity contribution in [2.75, 3.05) is 5.32 Å². The van der Waals surface area contributed by atoms with Crippen LogP contribution >= 0.6 is 0 Å². The molecule has 0 spiro atoms. The van der Waals surface area contributed by atoms with Crippen LogP contribution in [0.2, 0.25) is 0 Å². The van der Waals surface area contributed by atoms with Gasteiger partial charge in [0, 0.05) is 25.0 Å². The van der Waals surface area contributed by atoms with E-state index in [1.807, 2.05) is 6.92 Å². The molecule has 18 heavy (non-hydrogen) atoms. The minimum absolute atomic E-state index is 0.159. The van der Waals surface area contributed by atoms with E-state index in [1.165, 1.54) is 6.20 Å². The van der Waals surface area contributed by atoms with Crippen LogP contribution in [0.4, 0.5) is 16.0 Å². The first-order valence-corrected chi connectivity index (χ1v) is 5.14. The average molecular weight is 250 g/mol. The Bertz CT molecular complexity index is 590. The fourth-order valence-electron chi connectivity index (χ4n) is 1.44. The molecule has 0 aromatic carbocycles. The molecule has 0 bridgehead atoms. The highest BCUT2D eigenvalue weighted by atomic mass is 19.1. The molecule has 0 aliphatic rings. The Kier molecular flexibility index (Phi) is 2.97. The summed E-state index contributed by atoms with van der Waals surface area (Å²) in [6, 6.07) is 2.81. The zero-order valence-corrected chi connectivity index (χ0v) is 9.81. The van der Waals surface area contributed by atoms with Gasteiger partial charge in [-0.05, 0) is 13.0 Å². The fraction of sp³-hybridized carbons (Fsp3) is 0.182. The quantitative estimate of drug-likeness (QED) is 0.866. The highest BCUT2D eigenvalue weighted by Crippen LogP contribution is 2.19. The maximum absolute atomic E-state index is 13.8. The summed E-state index contributed by atoms with van der Waals surface area (Å²) in [4.78, 5) is 14.5. The maximum atomic E-state index is 13.8. The third-order valence-electron chi connectivity index (χ3n) is 2.48. The van der Waals surface area contributed by atoms with Crippen molar-refractivity contribution in [1.29, 1.82) is 0 Å². The van der Waals surface area contributed by atoms with Gasteiger partial charge in [0.05, 0.1) is 0 Å². The first-order valence-electron chi connectivity index (χ1n) is 5.14. The van der Waals surface area contributed by atoms with E-state index in [-0.39, 0.29) is 5.82 Å². The summed E-state index contributed by atoms with van der Waals surface area (Å²) in [5.74, 6) is -2.00. The second-order valence-corrected chi connectivity index (χ2v) is 3.75. The smallest absolute Gasteiger partial charge is 0.338 e. The molecule has 0 aliphatic heterocycles. The van der Waals surface area contributed by atoms with Gasteiger partial charge in [-0.3, -0.25) is 4.68 Å². The molecule has 2 aromatic rings. The third-order valence-corrected chi connectivity index (χ3v) is 2.48. The Labute approximate surface area is 102 Å². The first-order chi connectivity index (χ1) is 8.49. The average Bonchev–Trinajstić information content (AvgIpc) is 2.60. The van der Waals surface area contributed by atoms with Crippen LogP contribution in [0.3, 0.4) is 0 Å². The van der Waals surface area contributed by atoms with Crippen LogP contribution < -0.4 is 5.32 Å². The van der Waals surface area contributed by atoms with Crippen molar-refractivity contribution >= 4 is 17.6 Å². The van der Waals surface area contributed by atoms with Crippen molar-refractivity contribution < 1.29 is 14.3 Å². The first kappa shape index (κ1) is 12.0. The number of rotatable bonds is 3. The fourth-order valence-corrected chi connectivity index (χ4v) is 1.44. The Balaban J connectivity index is 2.35. The lowest BCUT2D eigenvalue weighted by atomic mass is 10.2. The molecule has 0 aliphatic carbocycles. The number of nitrogens with one attached hydrogen (secondary N) is 1. The lowest BCUT2D eigenvalue weighted by molar-refractivity contribution is 0.0692. The highest BCUT2D eigenvalue weighted by Gasteiger charge is 2.15. The van der Waals surface area contributed by atoms with Crippen LogP contribution in [0.25, 0.3) is 0 Å². The molecule has 0 fully saturated rings. The molecule has 2 N–H and O–H groups in total. The summed E-state index contributed by atoms with van der Waals surface area (Å²) >= 11 is 0. The summed E-state index contributed by atoms with van der Waals surface area (Å²) in [5, 5.41) is 15.5. The number of carbonyl (C=O) groups is 1. The normalized spacial score (nSPS) is 10.4. The molecule has 0 amide bonds. The molecule has 7 heteroatoms. The molecule has 0 saturated heterocycles. The summed E-state index contributed by atoms with van der Waals surface area (Å²) < 4.78 is 15.4. The van der Waals surface area contributed by atoms with E-state index in [2.05, 4.69) is 15.4 Å². The zero-order valence-electron chi connectivity index (χ0n) is 9.81. The Morgan fingerprint density at radius 3 is 2.83 bits per heavy atom. The molecule has 6 nitrogen and oxygen atoms in total. The molecule has 0 atom stereocenters. The van der Waals surface area contributed by atoms with Gasteiger partial charge in [0.15, 0.2) is 17.5 Å². The van der Waals surface area contributed by atoms with Gasteiger partial charge in [-0.25, -0.2) is 14.2 Å². The number of aromatic nitrogens is 3. The van der Waals surface area contributed by atoms with Gasteiger partial charge < -0.3 is 10.4 Å². The topological polar surface area (TPSA) is 80.0 Å². The Hall–Kier alpha value is -2.44. The van der Waals surface area contributed by atoms with Gasteiger partial charge in [-0.2, -0.15) is 5.10 Å². The Morgan fingerprint density at radius 1 is 1.56 bits per heavy atom. The number of anilines is 2. The van der Waals surface area contributed by atoms with Crippen LogP contribution in [0, 0.1) is 12.7 Å². The number of nitrogens with zero attached hydrogens (tertiary/aromatic N) is 3. The highest BCUT2D eigenvalue weighted by molar-refractivity contribution is 5.89. The number of hydrogen-bond acceptors (Lipinski definition) is 4. The van der Waals surface area contributed by atoms with E-state index in [0.29, 0.717) is 5.82 Å². The predicted octanol–water partition coefficient (Wildman–Crippen LogP) is 1.70. The van der Waals surface area contributed by atoms with Crippen molar-refractivity contribution in [2.45, 2.75) is 6.92 Å². The summed E-state index contributed by atoms with van der Waals surface area (Å²) in [5.41, 5.74) is 0.451. The third kappa shape index (κ3) is 2.15. The van der Waals surface area contributed by atoms with E-state index < -0.39 is 17.3 Å². The minimum Gasteiger partial charge on any atom is -0.478 e. The van der Waals surface area contributed by atoms with Gasteiger partial charge in [0.1, 0.15) is 5.56 Å². The molecule has 2 aromatic heterocycles. The molecule has 0 radical (unpaired) electrons. The second-order valence-electron chi connectivity index (χ2n) is 3.75. The molecule has 0 unspecified atom stereocenters. The molecule has 2 rings (SSSR count). The van der Waals surface area contributed by atoms with Crippen LogP contribution in [0.1, 0.15) is 16.1 Å². The monoisotopic (exact) mass is 250 g/mol. The maximum Gasteiger partial charge on any atom is 0.338 e. The standard InChI is InChI=1S/C11H11FN4O2/c1-6-5-8(15-16(6)2)14-10-9(12)7(11(17)18)3-4-13-10/h3-5H,1-2H3,(H,17,18)(H,13,14,15). The molecule has 2 heterocycles. The van der Waals surface area contributed by atoms with E-state index in [0.717, 1.165) is 11.8 Å². The largest absolute Gasteiger partial charge is 0.478 e. The number of carboxylic acids is 1. The number of hydrogen-bond donors (Lipinski definition) is 2. The molecule has 0 saturated carbocycles. The van der Waals surface area contributed by atoms with Crippen molar-refractivity contribution in [2.24, 2.45) is 7.05 Å². The number of carboxylic acid groups (broad SMARTS) is 1. The van der Waals surface area contributed by atoms with Crippen molar-refractivity contribution in [1.82, 2.24) is 14.8 Å². The number of halogens is 1. The molecule has 94 valence electrons. The summed E-state index contributed by atoms with van der Waals surface area (Å²) in [7, 11) is 1.75.